The van der Waals surface area contributed by atoms with E-state index in [2.05, 4.69) is 17.5 Å². The van der Waals surface area contributed by atoms with Crippen LogP contribution < -0.4 is 14.9 Å². The molecule has 0 atom stereocenters. The molecule has 5 nitrogen and oxygen atoms in total. The Morgan fingerprint density at radius 3 is 1.84 bits per heavy atom. The molecule has 1 rings (SSSR count). The molecule has 0 unspecified atom stereocenters. The second-order valence-electron chi connectivity index (χ2n) is 8.58. The first-order valence-corrected chi connectivity index (χ1v) is 12.8. The van der Waals surface area contributed by atoms with E-state index in [0.717, 1.165) is 18.4 Å². The topological polar surface area (TPSA) is 59.9 Å². The third-order valence-electron chi connectivity index (χ3n) is 5.83. The quantitative estimate of drug-likeness (QED) is 0.129. The van der Waals surface area contributed by atoms with Crippen molar-refractivity contribution >= 4 is 12.1 Å². The Morgan fingerprint density at radius 1 is 0.812 bits per heavy atom. The van der Waals surface area contributed by atoms with Crippen molar-refractivity contribution in [3.63, 3.8) is 0 Å². The van der Waals surface area contributed by atoms with Crippen molar-refractivity contribution in [3.05, 3.63) is 23.8 Å². The number of hydrazone groups is 1. The normalized spacial score (nSPS) is 11.1. The minimum atomic E-state index is -0.0437. The average Bonchev–Trinajstić information content (AvgIpc) is 2.81. The van der Waals surface area contributed by atoms with Gasteiger partial charge in [-0.3, -0.25) is 4.79 Å². The molecule has 0 spiro atoms. The van der Waals surface area contributed by atoms with E-state index in [0.29, 0.717) is 17.9 Å². The lowest BCUT2D eigenvalue weighted by atomic mass is 10.0. The van der Waals surface area contributed by atoms with E-state index >= 15 is 0 Å². The number of carbonyl (C=O) groups is 1. The molecule has 0 fully saturated rings. The van der Waals surface area contributed by atoms with Gasteiger partial charge < -0.3 is 9.47 Å². The monoisotopic (exact) mass is 446 g/mol. The Morgan fingerprint density at radius 2 is 1.34 bits per heavy atom. The van der Waals surface area contributed by atoms with Crippen LogP contribution in [0.2, 0.25) is 0 Å². The lowest BCUT2D eigenvalue weighted by Crippen LogP contribution is -2.17. The van der Waals surface area contributed by atoms with Gasteiger partial charge in [-0.05, 0) is 18.6 Å². The molecule has 0 heterocycles. The van der Waals surface area contributed by atoms with Crippen LogP contribution in [0.3, 0.4) is 0 Å². The van der Waals surface area contributed by atoms with Crippen LogP contribution in [0.5, 0.6) is 11.5 Å². The summed E-state index contributed by atoms with van der Waals surface area (Å²) >= 11 is 0. The highest BCUT2D eigenvalue weighted by molar-refractivity contribution is 5.86. The van der Waals surface area contributed by atoms with Gasteiger partial charge in [0.2, 0.25) is 5.91 Å². The summed E-state index contributed by atoms with van der Waals surface area (Å²) in [6.07, 6.45) is 21.9. The zero-order valence-corrected chi connectivity index (χ0v) is 20.8. The lowest BCUT2D eigenvalue weighted by Gasteiger charge is -2.09. The van der Waals surface area contributed by atoms with Gasteiger partial charge in [0.25, 0.3) is 0 Å². The van der Waals surface area contributed by atoms with Gasteiger partial charge in [0, 0.05) is 12.0 Å². The second kappa shape index (κ2) is 19.6. The number of amides is 1. The van der Waals surface area contributed by atoms with Gasteiger partial charge in [-0.2, -0.15) is 5.10 Å². The first kappa shape index (κ1) is 28.0. The van der Waals surface area contributed by atoms with Gasteiger partial charge in [-0.15, -0.1) is 0 Å². The number of nitrogens with one attached hydrogen (secondary N) is 1. The van der Waals surface area contributed by atoms with E-state index in [1.54, 1.807) is 20.4 Å². The number of nitrogens with zero attached hydrogens (tertiary/aromatic N) is 1. The lowest BCUT2D eigenvalue weighted by molar-refractivity contribution is -0.121. The van der Waals surface area contributed by atoms with Crippen molar-refractivity contribution in [2.24, 2.45) is 5.10 Å². The Hall–Kier alpha value is -2.04. The third-order valence-corrected chi connectivity index (χ3v) is 5.83. The molecule has 0 radical (unpaired) electrons. The number of para-hydroxylation sites is 1. The molecule has 1 aromatic rings. The fourth-order valence-electron chi connectivity index (χ4n) is 3.90. The van der Waals surface area contributed by atoms with E-state index in [9.17, 15) is 4.79 Å². The molecular formula is C27H46N2O3. The summed E-state index contributed by atoms with van der Waals surface area (Å²) in [4.78, 5) is 12.0. The molecular weight excluding hydrogens is 400 g/mol. The third kappa shape index (κ3) is 13.4. The number of ether oxygens (including phenoxy) is 2. The van der Waals surface area contributed by atoms with Gasteiger partial charge in [0.05, 0.1) is 20.4 Å². The highest BCUT2D eigenvalue weighted by atomic mass is 16.5. The van der Waals surface area contributed by atoms with Gasteiger partial charge in [0.15, 0.2) is 11.5 Å². The SMILES string of the molecule is CCCCCCCCCCCCCCCCCC(=O)N/N=C/c1cccc(OC)c1OC. The number of rotatable bonds is 20. The van der Waals surface area contributed by atoms with E-state index in [1.807, 2.05) is 18.2 Å². The van der Waals surface area contributed by atoms with Crippen molar-refractivity contribution in [1.29, 1.82) is 0 Å². The van der Waals surface area contributed by atoms with Crippen LogP contribution in [0.15, 0.2) is 23.3 Å². The van der Waals surface area contributed by atoms with E-state index in [4.69, 9.17) is 9.47 Å². The minimum absolute atomic E-state index is 0.0437. The molecule has 0 aliphatic heterocycles. The molecule has 182 valence electrons. The van der Waals surface area contributed by atoms with Crippen LogP contribution in [0.25, 0.3) is 0 Å². The summed E-state index contributed by atoms with van der Waals surface area (Å²) < 4.78 is 10.6. The molecule has 5 heteroatoms. The fourth-order valence-corrected chi connectivity index (χ4v) is 3.90. The zero-order chi connectivity index (χ0) is 23.3. The summed E-state index contributed by atoms with van der Waals surface area (Å²) in [7, 11) is 3.18. The number of hydrogen-bond acceptors (Lipinski definition) is 4. The predicted molar refractivity (Wildman–Crippen MR) is 135 cm³/mol. The largest absolute Gasteiger partial charge is 0.493 e. The van der Waals surface area contributed by atoms with Crippen molar-refractivity contribution in [1.82, 2.24) is 5.43 Å². The highest BCUT2D eigenvalue weighted by Crippen LogP contribution is 2.29. The van der Waals surface area contributed by atoms with Crippen LogP contribution in [0, 0.1) is 0 Å². The zero-order valence-electron chi connectivity index (χ0n) is 20.8. The van der Waals surface area contributed by atoms with E-state index in [1.165, 1.54) is 83.5 Å². The van der Waals surface area contributed by atoms with Crippen LogP contribution in [-0.2, 0) is 4.79 Å². The van der Waals surface area contributed by atoms with Crippen LogP contribution >= 0.6 is 0 Å². The Labute approximate surface area is 196 Å². The van der Waals surface area contributed by atoms with Crippen molar-refractivity contribution < 1.29 is 14.3 Å². The van der Waals surface area contributed by atoms with Crippen molar-refractivity contribution in [3.8, 4) is 11.5 Å². The Balaban J connectivity index is 1.98. The average molecular weight is 447 g/mol. The molecule has 1 aromatic carbocycles. The second-order valence-corrected chi connectivity index (χ2v) is 8.58. The standard InChI is InChI=1S/C27H46N2O3/c1-4-5-6-7-8-9-10-11-12-13-14-15-16-17-18-22-26(30)29-28-23-24-20-19-21-25(31-2)27(24)32-3/h19-21,23H,4-18,22H2,1-3H3,(H,29,30)/b28-23+. The summed E-state index contributed by atoms with van der Waals surface area (Å²) in [5.41, 5.74) is 3.37. The Kier molecular flexibility index (Phi) is 17.2. The maximum Gasteiger partial charge on any atom is 0.240 e. The van der Waals surface area contributed by atoms with E-state index < -0.39 is 0 Å². The van der Waals surface area contributed by atoms with E-state index in [-0.39, 0.29) is 5.91 Å². The summed E-state index contributed by atoms with van der Waals surface area (Å²) in [5, 5.41) is 4.05. The van der Waals surface area contributed by atoms with Crippen LogP contribution in [0.4, 0.5) is 0 Å². The summed E-state index contributed by atoms with van der Waals surface area (Å²) in [5.74, 6) is 1.20. The van der Waals surface area contributed by atoms with Crippen molar-refractivity contribution in [2.75, 3.05) is 14.2 Å². The number of unbranched alkanes of at least 4 members (excludes halogenated alkanes) is 14. The maximum absolute atomic E-state index is 12.0. The first-order valence-electron chi connectivity index (χ1n) is 12.8. The van der Waals surface area contributed by atoms with Crippen LogP contribution in [0.1, 0.15) is 115 Å². The van der Waals surface area contributed by atoms with Gasteiger partial charge >= 0.3 is 0 Å². The number of carbonyl (C=O) groups excluding carboxylic acids is 1. The van der Waals surface area contributed by atoms with Gasteiger partial charge in [0.1, 0.15) is 0 Å². The number of benzene rings is 1. The Bertz CT molecular complexity index is 631. The molecule has 0 saturated carbocycles. The molecule has 0 aromatic heterocycles. The molecule has 1 N–H and O–H groups in total. The van der Waals surface area contributed by atoms with Crippen LogP contribution in [-0.4, -0.2) is 26.3 Å². The molecule has 32 heavy (non-hydrogen) atoms. The number of methoxy groups -OCH3 is 2. The molecule has 0 aliphatic rings. The summed E-state index contributed by atoms with van der Waals surface area (Å²) in [6, 6.07) is 5.55. The minimum Gasteiger partial charge on any atom is -0.493 e. The number of hydrogen-bond donors (Lipinski definition) is 1. The van der Waals surface area contributed by atoms with Crippen molar-refractivity contribution in [2.45, 2.75) is 110 Å². The first-order chi connectivity index (χ1) is 15.7. The molecule has 0 bridgehead atoms. The highest BCUT2D eigenvalue weighted by Gasteiger charge is 2.07. The molecule has 0 aliphatic carbocycles. The summed E-state index contributed by atoms with van der Waals surface area (Å²) in [6.45, 7) is 2.27. The molecule has 1 amide bonds. The van der Waals surface area contributed by atoms with Gasteiger partial charge in [-0.1, -0.05) is 103 Å². The maximum atomic E-state index is 12.0. The molecule has 0 saturated heterocycles. The smallest absolute Gasteiger partial charge is 0.240 e. The van der Waals surface area contributed by atoms with Gasteiger partial charge in [-0.25, -0.2) is 5.43 Å². The predicted octanol–water partition coefficient (Wildman–Crippen LogP) is 7.42. The fraction of sp³-hybridized carbons (Fsp3) is 0.704.